The van der Waals surface area contributed by atoms with Crippen LogP contribution in [0.3, 0.4) is 0 Å². The predicted molar refractivity (Wildman–Crippen MR) is 85.7 cm³/mol. The molecule has 2 rings (SSSR count). The van der Waals surface area contributed by atoms with Crippen LogP contribution in [-0.4, -0.2) is 24.4 Å². The molecular weight excluding hydrogens is 316 g/mol. The van der Waals surface area contributed by atoms with E-state index in [2.05, 4.69) is 28.1 Å². The van der Waals surface area contributed by atoms with Crippen LogP contribution in [0.1, 0.15) is 15.9 Å². The number of halogens is 1. The first-order valence-electron chi connectivity index (χ1n) is 6.43. The molecule has 2 aromatic carbocycles. The van der Waals surface area contributed by atoms with Gasteiger partial charge in [-0.2, -0.15) is 0 Å². The van der Waals surface area contributed by atoms with Crippen LogP contribution in [0.5, 0.6) is 0 Å². The topological polar surface area (TPSA) is 46.3 Å². The van der Waals surface area contributed by atoms with Gasteiger partial charge in [-0.1, -0.05) is 36.4 Å². The van der Waals surface area contributed by atoms with Crippen molar-refractivity contribution in [1.29, 1.82) is 0 Å². The summed E-state index contributed by atoms with van der Waals surface area (Å²) < 4.78 is 0.663. The molecule has 0 aromatic heterocycles. The summed E-state index contributed by atoms with van der Waals surface area (Å²) in [6.07, 6.45) is 0.836. The van der Waals surface area contributed by atoms with Gasteiger partial charge >= 0.3 is 0 Å². The highest BCUT2D eigenvalue weighted by molar-refractivity contribution is 9.10. The largest absolute Gasteiger partial charge is 0.398 e. The lowest BCUT2D eigenvalue weighted by atomic mass is 10.1. The zero-order valence-electron chi connectivity index (χ0n) is 11.3. The number of nitrogens with zero attached hydrogens (tertiary/aromatic N) is 1. The van der Waals surface area contributed by atoms with E-state index in [-0.39, 0.29) is 5.91 Å². The van der Waals surface area contributed by atoms with E-state index < -0.39 is 0 Å². The van der Waals surface area contributed by atoms with Crippen molar-refractivity contribution in [2.24, 2.45) is 0 Å². The van der Waals surface area contributed by atoms with E-state index in [0.29, 0.717) is 22.3 Å². The summed E-state index contributed by atoms with van der Waals surface area (Å²) in [7, 11) is 1.81. The van der Waals surface area contributed by atoms with Gasteiger partial charge in [-0.3, -0.25) is 4.79 Å². The van der Waals surface area contributed by atoms with Gasteiger partial charge in [0.05, 0.1) is 10.0 Å². The van der Waals surface area contributed by atoms with Gasteiger partial charge in [-0.25, -0.2) is 0 Å². The first-order valence-corrected chi connectivity index (χ1v) is 7.22. The highest BCUT2D eigenvalue weighted by Crippen LogP contribution is 2.24. The molecule has 3 nitrogen and oxygen atoms in total. The summed E-state index contributed by atoms with van der Waals surface area (Å²) >= 11 is 3.37. The average Bonchev–Trinajstić information content (AvgIpc) is 2.48. The number of amides is 1. The summed E-state index contributed by atoms with van der Waals surface area (Å²) in [6.45, 7) is 0.671. The number of likely N-dealkylation sites (N-methyl/N-ethyl adjacent to an activating group) is 1. The van der Waals surface area contributed by atoms with Gasteiger partial charge in [-0.05, 0) is 40.0 Å². The van der Waals surface area contributed by atoms with Gasteiger partial charge < -0.3 is 10.6 Å². The Kier molecular flexibility index (Phi) is 4.79. The lowest BCUT2D eigenvalue weighted by Crippen LogP contribution is -2.29. The van der Waals surface area contributed by atoms with Gasteiger partial charge in [0.15, 0.2) is 0 Å². The Balaban J connectivity index is 2.04. The van der Waals surface area contributed by atoms with E-state index in [0.717, 1.165) is 6.42 Å². The number of rotatable bonds is 4. The van der Waals surface area contributed by atoms with E-state index in [9.17, 15) is 4.79 Å². The standard InChI is InChI=1S/C16H17BrN2O/c1-19(11-10-12-6-3-2-4-7-12)16(20)13-8-5-9-14(18)15(13)17/h2-9H,10-11,18H2,1H3. The highest BCUT2D eigenvalue weighted by Gasteiger charge is 2.15. The number of nitrogens with two attached hydrogens (primary N) is 1. The molecule has 0 atom stereocenters. The number of nitrogen functional groups attached to an aromatic ring is 1. The molecule has 104 valence electrons. The quantitative estimate of drug-likeness (QED) is 0.873. The van der Waals surface area contributed by atoms with Crippen molar-refractivity contribution in [3.05, 3.63) is 64.1 Å². The fourth-order valence-electron chi connectivity index (χ4n) is 1.96. The monoisotopic (exact) mass is 332 g/mol. The number of hydrogen-bond acceptors (Lipinski definition) is 2. The maximum atomic E-state index is 12.4. The van der Waals surface area contributed by atoms with Crippen molar-refractivity contribution in [2.45, 2.75) is 6.42 Å². The molecule has 0 saturated heterocycles. The Morgan fingerprint density at radius 1 is 1.15 bits per heavy atom. The minimum absolute atomic E-state index is 0.0277. The molecule has 0 bridgehead atoms. The zero-order chi connectivity index (χ0) is 14.5. The molecule has 2 aromatic rings. The number of anilines is 1. The van der Waals surface area contributed by atoms with E-state index in [1.54, 1.807) is 30.1 Å². The maximum absolute atomic E-state index is 12.4. The second-order valence-electron chi connectivity index (χ2n) is 4.67. The van der Waals surface area contributed by atoms with Gasteiger partial charge in [0.2, 0.25) is 0 Å². The fraction of sp³-hybridized carbons (Fsp3) is 0.188. The molecule has 0 radical (unpaired) electrons. The van der Waals surface area contributed by atoms with Crippen molar-refractivity contribution >= 4 is 27.5 Å². The van der Waals surface area contributed by atoms with Crippen LogP contribution >= 0.6 is 15.9 Å². The molecule has 0 saturated carbocycles. The summed E-state index contributed by atoms with van der Waals surface area (Å²) in [5.74, 6) is -0.0277. The van der Waals surface area contributed by atoms with Crippen LogP contribution in [0.15, 0.2) is 53.0 Å². The minimum Gasteiger partial charge on any atom is -0.398 e. The first kappa shape index (κ1) is 14.6. The Bertz CT molecular complexity index is 599. The van der Waals surface area contributed by atoms with Crippen LogP contribution in [-0.2, 0) is 6.42 Å². The number of hydrogen-bond donors (Lipinski definition) is 1. The first-order chi connectivity index (χ1) is 9.59. The van der Waals surface area contributed by atoms with Crippen molar-refractivity contribution < 1.29 is 4.79 Å². The SMILES string of the molecule is CN(CCc1ccccc1)C(=O)c1cccc(N)c1Br. The Morgan fingerprint density at radius 3 is 2.55 bits per heavy atom. The second-order valence-corrected chi connectivity index (χ2v) is 5.46. The van der Waals surface area contributed by atoms with Crippen LogP contribution < -0.4 is 5.73 Å². The molecule has 1 amide bonds. The van der Waals surface area contributed by atoms with Crippen molar-refractivity contribution in [3.63, 3.8) is 0 Å². The maximum Gasteiger partial charge on any atom is 0.254 e. The van der Waals surface area contributed by atoms with Crippen LogP contribution in [0, 0.1) is 0 Å². The predicted octanol–water partition coefficient (Wildman–Crippen LogP) is 3.35. The van der Waals surface area contributed by atoms with E-state index >= 15 is 0 Å². The molecule has 0 aliphatic heterocycles. The van der Waals surface area contributed by atoms with E-state index in [4.69, 9.17) is 5.73 Å². The van der Waals surface area contributed by atoms with Crippen molar-refractivity contribution in [1.82, 2.24) is 4.90 Å². The zero-order valence-corrected chi connectivity index (χ0v) is 12.9. The molecule has 0 fully saturated rings. The number of carbonyl (C=O) groups is 1. The Hall–Kier alpha value is -1.81. The van der Waals surface area contributed by atoms with Crippen LogP contribution in [0.2, 0.25) is 0 Å². The Morgan fingerprint density at radius 2 is 1.85 bits per heavy atom. The lowest BCUT2D eigenvalue weighted by molar-refractivity contribution is 0.0796. The summed E-state index contributed by atoms with van der Waals surface area (Å²) in [6, 6.07) is 15.5. The third-order valence-electron chi connectivity index (χ3n) is 3.18. The molecular formula is C16H17BrN2O. The summed E-state index contributed by atoms with van der Waals surface area (Å²) in [5.41, 5.74) is 8.20. The van der Waals surface area contributed by atoms with Gasteiger partial charge in [0.1, 0.15) is 0 Å². The molecule has 0 aliphatic carbocycles. The van der Waals surface area contributed by atoms with Crippen molar-refractivity contribution in [2.75, 3.05) is 19.3 Å². The van der Waals surface area contributed by atoms with Gasteiger partial charge in [0.25, 0.3) is 5.91 Å². The van der Waals surface area contributed by atoms with Crippen LogP contribution in [0.25, 0.3) is 0 Å². The van der Waals surface area contributed by atoms with Crippen molar-refractivity contribution in [3.8, 4) is 0 Å². The molecule has 0 aliphatic rings. The summed E-state index contributed by atoms with van der Waals surface area (Å²) in [5, 5.41) is 0. The normalized spacial score (nSPS) is 10.3. The van der Waals surface area contributed by atoms with E-state index in [1.165, 1.54) is 5.56 Å². The smallest absolute Gasteiger partial charge is 0.254 e. The highest BCUT2D eigenvalue weighted by atomic mass is 79.9. The third kappa shape index (κ3) is 3.39. The van der Waals surface area contributed by atoms with Crippen LogP contribution in [0.4, 0.5) is 5.69 Å². The second kappa shape index (κ2) is 6.57. The number of benzene rings is 2. The summed E-state index contributed by atoms with van der Waals surface area (Å²) in [4.78, 5) is 14.1. The molecule has 0 spiro atoms. The minimum atomic E-state index is -0.0277. The number of carbonyl (C=O) groups excluding carboxylic acids is 1. The third-order valence-corrected chi connectivity index (χ3v) is 4.07. The van der Waals surface area contributed by atoms with Gasteiger partial charge in [-0.15, -0.1) is 0 Å². The molecule has 2 N–H and O–H groups in total. The lowest BCUT2D eigenvalue weighted by Gasteiger charge is -2.18. The van der Waals surface area contributed by atoms with E-state index in [1.807, 2.05) is 18.2 Å². The molecule has 20 heavy (non-hydrogen) atoms. The fourth-order valence-corrected chi connectivity index (χ4v) is 2.40. The van der Waals surface area contributed by atoms with Gasteiger partial charge in [0, 0.05) is 19.3 Å². The molecule has 0 heterocycles. The molecule has 0 unspecified atom stereocenters. The molecule has 4 heteroatoms. The Labute approximate surface area is 127 Å². The average molecular weight is 333 g/mol.